The molecule has 0 N–H and O–H groups in total. The Labute approximate surface area is 155 Å². The van der Waals surface area contributed by atoms with Gasteiger partial charge in [0.15, 0.2) is 0 Å². The van der Waals surface area contributed by atoms with Gasteiger partial charge in [-0.3, -0.25) is 4.79 Å². The second-order valence-electron chi connectivity index (χ2n) is 7.01. The Morgan fingerprint density at radius 3 is 2.65 bits per heavy atom. The molecule has 146 valence electrons. The molecule has 0 bridgehead atoms. The molecule has 1 unspecified atom stereocenters. The Morgan fingerprint density at radius 2 is 2.08 bits per heavy atom. The van der Waals surface area contributed by atoms with Gasteiger partial charge in [0, 0.05) is 12.0 Å². The third kappa shape index (κ3) is 4.88. The molecule has 0 radical (unpaired) electrons. The third-order valence-corrected chi connectivity index (χ3v) is 5.41. The van der Waals surface area contributed by atoms with E-state index < -0.39 is 27.6 Å². The van der Waals surface area contributed by atoms with Crippen LogP contribution >= 0.6 is 0 Å². The van der Waals surface area contributed by atoms with Gasteiger partial charge in [0.05, 0.1) is 26.0 Å². The summed E-state index contributed by atoms with van der Waals surface area (Å²) in [6.07, 6.45) is 2.36. The highest BCUT2D eigenvalue weighted by Gasteiger charge is 2.41. The van der Waals surface area contributed by atoms with Crippen LogP contribution in [0.5, 0.6) is 11.5 Å². The first-order valence-electron chi connectivity index (χ1n) is 8.57. The van der Waals surface area contributed by atoms with Gasteiger partial charge in [-0.05, 0) is 38.5 Å². The number of methoxy groups -OCH3 is 1. The maximum absolute atomic E-state index is 12.4. The van der Waals surface area contributed by atoms with E-state index in [1.54, 1.807) is 18.2 Å². The molecule has 1 heterocycles. The second kappa shape index (κ2) is 7.84. The molecule has 7 nitrogen and oxygen atoms in total. The van der Waals surface area contributed by atoms with Crippen molar-refractivity contribution >= 4 is 16.0 Å². The molecule has 1 aromatic carbocycles. The highest BCUT2D eigenvalue weighted by Crippen LogP contribution is 2.44. The highest BCUT2D eigenvalue weighted by molar-refractivity contribution is 7.88. The molecule has 1 aliphatic heterocycles. The Balaban J connectivity index is 2.50. The van der Waals surface area contributed by atoms with Gasteiger partial charge in [0.1, 0.15) is 23.6 Å². The number of esters is 1. The zero-order chi connectivity index (χ0) is 19.5. The summed E-state index contributed by atoms with van der Waals surface area (Å²) in [6, 6.07) is 4.83. The lowest BCUT2D eigenvalue weighted by Gasteiger charge is -2.41. The standard InChI is InChI=1S/C18H27NO6S/c1-6-9-24-13-7-8-16-14(10-13)15(11-18(2,3)25-16)19(26(5,21)22)12-17(20)23-4/h7-8,10,15H,6,9,11-12H2,1-5H3. The molecule has 2 rings (SSSR count). The van der Waals surface area contributed by atoms with Crippen LogP contribution in [0.3, 0.4) is 0 Å². The van der Waals surface area contributed by atoms with Gasteiger partial charge in [0.2, 0.25) is 10.0 Å². The number of carbonyl (C=O) groups excluding carboxylic acids is 1. The topological polar surface area (TPSA) is 82.1 Å². The Hall–Kier alpha value is -1.80. The predicted octanol–water partition coefficient (Wildman–Crippen LogP) is 2.51. The number of benzene rings is 1. The Morgan fingerprint density at radius 1 is 1.38 bits per heavy atom. The van der Waals surface area contributed by atoms with Crippen LogP contribution in [0.1, 0.15) is 45.2 Å². The average molecular weight is 385 g/mol. The first kappa shape index (κ1) is 20.5. The SMILES string of the molecule is CCCOc1ccc2c(c1)C(N(CC(=O)OC)S(C)(=O)=O)CC(C)(C)O2. The third-order valence-electron chi connectivity index (χ3n) is 4.17. The minimum Gasteiger partial charge on any atom is -0.494 e. The fourth-order valence-electron chi connectivity index (χ4n) is 3.01. The van der Waals surface area contributed by atoms with Gasteiger partial charge in [0.25, 0.3) is 0 Å². The molecule has 0 amide bonds. The molecule has 0 saturated carbocycles. The predicted molar refractivity (Wildman–Crippen MR) is 97.9 cm³/mol. The van der Waals surface area contributed by atoms with Crippen molar-refractivity contribution in [2.24, 2.45) is 0 Å². The molecule has 0 fully saturated rings. The summed E-state index contributed by atoms with van der Waals surface area (Å²) in [5, 5.41) is 0. The lowest BCUT2D eigenvalue weighted by molar-refractivity contribution is -0.141. The van der Waals surface area contributed by atoms with Crippen LogP contribution in [0.4, 0.5) is 0 Å². The van der Waals surface area contributed by atoms with Crippen molar-refractivity contribution < 1.29 is 27.4 Å². The average Bonchev–Trinajstić information content (AvgIpc) is 2.55. The van der Waals surface area contributed by atoms with E-state index in [0.29, 0.717) is 30.1 Å². The van der Waals surface area contributed by atoms with Crippen LogP contribution in [0, 0.1) is 0 Å². The van der Waals surface area contributed by atoms with Crippen LogP contribution < -0.4 is 9.47 Å². The van der Waals surface area contributed by atoms with Crippen LogP contribution in [0.2, 0.25) is 0 Å². The number of hydrogen-bond acceptors (Lipinski definition) is 6. The van der Waals surface area contributed by atoms with Crippen molar-refractivity contribution in [2.75, 3.05) is 26.5 Å². The van der Waals surface area contributed by atoms with Gasteiger partial charge >= 0.3 is 5.97 Å². The minimum atomic E-state index is -3.66. The number of sulfonamides is 1. The van der Waals surface area contributed by atoms with E-state index in [4.69, 9.17) is 9.47 Å². The molecule has 1 aromatic rings. The van der Waals surface area contributed by atoms with E-state index in [-0.39, 0.29) is 6.54 Å². The normalized spacial score (nSPS) is 18.8. The van der Waals surface area contributed by atoms with E-state index in [2.05, 4.69) is 4.74 Å². The summed E-state index contributed by atoms with van der Waals surface area (Å²) in [5.41, 5.74) is 0.106. The van der Waals surface area contributed by atoms with Crippen molar-refractivity contribution in [3.05, 3.63) is 23.8 Å². The molecule has 0 saturated heterocycles. The smallest absolute Gasteiger partial charge is 0.321 e. The minimum absolute atomic E-state index is 0.352. The number of fused-ring (bicyclic) bond motifs is 1. The van der Waals surface area contributed by atoms with Gasteiger partial charge < -0.3 is 14.2 Å². The zero-order valence-electron chi connectivity index (χ0n) is 15.9. The van der Waals surface area contributed by atoms with Gasteiger partial charge in [-0.25, -0.2) is 8.42 Å². The number of rotatable bonds is 7. The Bertz CT molecular complexity index is 759. The number of ether oxygens (including phenoxy) is 3. The lowest BCUT2D eigenvalue weighted by Crippen LogP contribution is -2.45. The van der Waals surface area contributed by atoms with E-state index in [1.807, 2.05) is 20.8 Å². The van der Waals surface area contributed by atoms with Crippen molar-refractivity contribution in [1.29, 1.82) is 0 Å². The Kier molecular flexibility index (Phi) is 6.18. The molecule has 8 heteroatoms. The molecule has 1 atom stereocenters. The van der Waals surface area contributed by atoms with Crippen LogP contribution in [-0.2, 0) is 19.6 Å². The van der Waals surface area contributed by atoms with Crippen molar-refractivity contribution in [3.63, 3.8) is 0 Å². The van der Waals surface area contributed by atoms with Crippen LogP contribution in [-0.4, -0.2) is 50.8 Å². The summed E-state index contributed by atoms with van der Waals surface area (Å²) >= 11 is 0. The fraction of sp³-hybridized carbons (Fsp3) is 0.611. The van der Waals surface area contributed by atoms with Gasteiger partial charge in [-0.15, -0.1) is 0 Å². The molecule has 26 heavy (non-hydrogen) atoms. The summed E-state index contributed by atoms with van der Waals surface area (Å²) in [7, 11) is -2.42. The van der Waals surface area contributed by atoms with Crippen LogP contribution in [0.25, 0.3) is 0 Å². The van der Waals surface area contributed by atoms with Crippen molar-refractivity contribution in [3.8, 4) is 11.5 Å². The van der Waals surface area contributed by atoms with Crippen LogP contribution in [0.15, 0.2) is 18.2 Å². The lowest BCUT2D eigenvalue weighted by atomic mass is 9.89. The number of hydrogen-bond donors (Lipinski definition) is 0. The van der Waals surface area contributed by atoms with Crippen molar-refractivity contribution in [1.82, 2.24) is 4.31 Å². The molecule has 0 aliphatic carbocycles. The summed E-state index contributed by atoms with van der Waals surface area (Å²) in [5.74, 6) is 0.624. The van der Waals surface area contributed by atoms with Crippen molar-refractivity contribution in [2.45, 2.75) is 45.3 Å². The second-order valence-corrected chi connectivity index (χ2v) is 8.95. The quantitative estimate of drug-likeness (QED) is 0.671. The van der Waals surface area contributed by atoms with Gasteiger partial charge in [-0.1, -0.05) is 6.92 Å². The first-order valence-corrected chi connectivity index (χ1v) is 10.4. The molecule has 0 spiro atoms. The maximum atomic E-state index is 12.4. The van der Waals surface area contributed by atoms with E-state index in [0.717, 1.165) is 12.7 Å². The van der Waals surface area contributed by atoms with E-state index >= 15 is 0 Å². The largest absolute Gasteiger partial charge is 0.494 e. The van der Waals surface area contributed by atoms with E-state index in [1.165, 1.54) is 11.4 Å². The fourth-order valence-corrected chi connectivity index (χ4v) is 4.00. The maximum Gasteiger partial charge on any atom is 0.321 e. The highest BCUT2D eigenvalue weighted by atomic mass is 32.2. The molecular weight excluding hydrogens is 358 g/mol. The summed E-state index contributed by atoms with van der Waals surface area (Å²) < 4.78 is 42.4. The summed E-state index contributed by atoms with van der Waals surface area (Å²) in [6.45, 7) is 6.00. The number of nitrogens with zero attached hydrogens (tertiary/aromatic N) is 1. The zero-order valence-corrected chi connectivity index (χ0v) is 16.8. The first-order chi connectivity index (χ1) is 12.1. The van der Waals surface area contributed by atoms with Gasteiger partial charge in [-0.2, -0.15) is 4.31 Å². The monoisotopic (exact) mass is 385 g/mol. The number of carbonyl (C=O) groups is 1. The molecule has 1 aliphatic rings. The molecular formula is C18H27NO6S. The van der Waals surface area contributed by atoms with E-state index in [9.17, 15) is 13.2 Å². The summed E-state index contributed by atoms with van der Waals surface area (Å²) in [4.78, 5) is 11.8. The molecule has 0 aromatic heterocycles.